The zero-order chi connectivity index (χ0) is 13.0. The number of phenols is 1. The summed E-state index contributed by atoms with van der Waals surface area (Å²) in [6.45, 7) is 2.27. The molecule has 0 aliphatic carbocycles. The highest BCUT2D eigenvalue weighted by molar-refractivity contribution is 7.09. The van der Waals surface area contributed by atoms with E-state index in [-0.39, 0.29) is 11.7 Å². The van der Waals surface area contributed by atoms with Gasteiger partial charge in [0.2, 0.25) is 0 Å². The number of hydrogen-bond acceptors (Lipinski definition) is 4. The molecule has 0 bridgehead atoms. The molecule has 0 spiro atoms. The Kier molecular flexibility index (Phi) is 3.94. The molecule has 2 rings (SSSR count). The van der Waals surface area contributed by atoms with Crippen LogP contribution >= 0.6 is 11.3 Å². The number of aromatic nitrogens is 1. The van der Waals surface area contributed by atoms with Gasteiger partial charge in [0.25, 0.3) is 5.91 Å². The summed E-state index contributed by atoms with van der Waals surface area (Å²) in [4.78, 5) is 16.1. The van der Waals surface area contributed by atoms with Crippen molar-refractivity contribution in [3.8, 4) is 5.75 Å². The van der Waals surface area contributed by atoms with Gasteiger partial charge in [0.05, 0.1) is 5.01 Å². The summed E-state index contributed by atoms with van der Waals surface area (Å²) in [5.41, 5.74) is 1.11. The van der Waals surface area contributed by atoms with Crippen LogP contribution in [0.5, 0.6) is 5.75 Å². The summed E-state index contributed by atoms with van der Waals surface area (Å²) in [5, 5.41) is 15.3. The summed E-state index contributed by atoms with van der Waals surface area (Å²) in [6, 6.07) is 4.94. The largest absolute Gasteiger partial charge is 0.508 e. The van der Waals surface area contributed by atoms with Crippen molar-refractivity contribution >= 4 is 17.2 Å². The van der Waals surface area contributed by atoms with Crippen LogP contribution in [-0.2, 0) is 6.42 Å². The molecule has 0 fully saturated rings. The summed E-state index contributed by atoms with van der Waals surface area (Å²) in [5.74, 6) is -0.0254. The molecule has 0 aliphatic heterocycles. The van der Waals surface area contributed by atoms with Crippen molar-refractivity contribution in [2.45, 2.75) is 13.3 Å². The van der Waals surface area contributed by atoms with E-state index in [1.165, 1.54) is 0 Å². The van der Waals surface area contributed by atoms with Gasteiger partial charge >= 0.3 is 0 Å². The number of phenolic OH excluding ortho intramolecular Hbond substituents is 1. The molecule has 1 aromatic carbocycles. The number of benzene rings is 1. The second kappa shape index (κ2) is 5.64. The Labute approximate surface area is 109 Å². The SMILES string of the molecule is Cc1c(O)cccc1C(=O)NCCc1nccs1. The van der Waals surface area contributed by atoms with Crippen molar-refractivity contribution in [1.82, 2.24) is 10.3 Å². The van der Waals surface area contributed by atoms with E-state index in [9.17, 15) is 9.90 Å². The maximum Gasteiger partial charge on any atom is 0.251 e. The molecular weight excluding hydrogens is 248 g/mol. The number of amides is 1. The van der Waals surface area contributed by atoms with Crippen molar-refractivity contribution in [2.75, 3.05) is 6.54 Å². The predicted octanol–water partition coefficient (Wildman–Crippen LogP) is 2.13. The van der Waals surface area contributed by atoms with Gasteiger partial charge in [0.15, 0.2) is 0 Å². The van der Waals surface area contributed by atoms with Crippen LogP contribution in [0.15, 0.2) is 29.8 Å². The predicted molar refractivity (Wildman–Crippen MR) is 71.0 cm³/mol. The molecule has 4 nitrogen and oxygen atoms in total. The first-order valence-electron chi connectivity index (χ1n) is 5.63. The molecule has 0 radical (unpaired) electrons. The lowest BCUT2D eigenvalue weighted by Gasteiger charge is -2.07. The van der Waals surface area contributed by atoms with Crippen molar-refractivity contribution < 1.29 is 9.90 Å². The van der Waals surface area contributed by atoms with E-state index < -0.39 is 0 Å². The fourth-order valence-electron chi connectivity index (χ4n) is 1.62. The molecule has 18 heavy (non-hydrogen) atoms. The third-order valence-electron chi connectivity index (χ3n) is 2.66. The minimum Gasteiger partial charge on any atom is -0.508 e. The topological polar surface area (TPSA) is 62.2 Å². The third-order valence-corrected chi connectivity index (χ3v) is 3.50. The lowest BCUT2D eigenvalue weighted by atomic mass is 10.1. The summed E-state index contributed by atoms with van der Waals surface area (Å²) < 4.78 is 0. The van der Waals surface area contributed by atoms with Crippen molar-refractivity contribution in [3.05, 3.63) is 45.9 Å². The molecule has 0 saturated heterocycles. The van der Waals surface area contributed by atoms with Gasteiger partial charge < -0.3 is 10.4 Å². The summed E-state index contributed by atoms with van der Waals surface area (Å²) in [7, 11) is 0. The minimum absolute atomic E-state index is 0.141. The van der Waals surface area contributed by atoms with Crippen molar-refractivity contribution in [3.63, 3.8) is 0 Å². The Morgan fingerprint density at radius 3 is 3.06 bits per heavy atom. The molecule has 0 aliphatic rings. The Morgan fingerprint density at radius 1 is 1.50 bits per heavy atom. The fraction of sp³-hybridized carbons (Fsp3) is 0.231. The van der Waals surface area contributed by atoms with Crippen LogP contribution in [0.3, 0.4) is 0 Å². The molecule has 2 aromatic rings. The highest BCUT2D eigenvalue weighted by atomic mass is 32.1. The number of carbonyl (C=O) groups is 1. The molecule has 5 heteroatoms. The van der Waals surface area contributed by atoms with Gasteiger partial charge in [-0.15, -0.1) is 11.3 Å². The van der Waals surface area contributed by atoms with E-state index in [0.29, 0.717) is 17.7 Å². The number of nitrogens with one attached hydrogen (secondary N) is 1. The third kappa shape index (κ3) is 2.87. The van der Waals surface area contributed by atoms with E-state index in [0.717, 1.165) is 11.4 Å². The van der Waals surface area contributed by atoms with Gasteiger partial charge in [-0.25, -0.2) is 4.98 Å². The minimum atomic E-state index is -0.167. The zero-order valence-corrected chi connectivity index (χ0v) is 10.8. The lowest BCUT2D eigenvalue weighted by molar-refractivity contribution is 0.0953. The van der Waals surface area contributed by atoms with E-state index in [2.05, 4.69) is 10.3 Å². The normalized spacial score (nSPS) is 10.3. The molecule has 1 heterocycles. The quantitative estimate of drug-likeness (QED) is 0.887. The van der Waals surface area contributed by atoms with Crippen LogP contribution < -0.4 is 5.32 Å². The number of thiazole rings is 1. The van der Waals surface area contributed by atoms with Gasteiger partial charge in [-0.3, -0.25) is 4.79 Å². The van der Waals surface area contributed by atoms with Crippen LogP contribution in [0.2, 0.25) is 0 Å². The van der Waals surface area contributed by atoms with Gasteiger partial charge in [0.1, 0.15) is 5.75 Å². The van der Waals surface area contributed by atoms with Gasteiger partial charge in [-0.1, -0.05) is 6.07 Å². The Balaban J connectivity index is 1.93. The molecule has 0 atom stereocenters. The molecule has 2 N–H and O–H groups in total. The van der Waals surface area contributed by atoms with E-state index in [1.807, 2.05) is 5.38 Å². The second-order valence-corrected chi connectivity index (χ2v) is 4.86. The highest BCUT2D eigenvalue weighted by Gasteiger charge is 2.10. The highest BCUT2D eigenvalue weighted by Crippen LogP contribution is 2.19. The molecular formula is C13H14N2O2S. The first-order chi connectivity index (χ1) is 8.68. The zero-order valence-electron chi connectivity index (χ0n) is 10.0. The molecule has 1 amide bonds. The van der Waals surface area contributed by atoms with Crippen molar-refractivity contribution in [2.24, 2.45) is 0 Å². The fourth-order valence-corrected chi connectivity index (χ4v) is 2.24. The molecule has 1 aromatic heterocycles. The van der Waals surface area contributed by atoms with E-state index in [1.54, 1.807) is 42.7 Å². The van der Waals surface area contributed by atoms with Gasteiger partial charge in [0, 0.05) is 35.7 Å². The first kappa shape index (κ1) is 12.6. The monoisotopic (exact) mass is 262 g/mol. The number of carbonyl (C=O) groups excluding carboxylic acids is 1. The Morgan fingerprint density at radius 2 is 2.33 bits per heavy atom. The van der Waals surface area contributed by atoms with Gasteiger partial charge in [-0.05, 0) is 19.1 Å². The summed E-state index contributed by atoms with van der Waals surface area (Å²) >= 11 is 1.57. The van der Waals surface area contributed by atoms with Crippen LogP contribution in [0.25, 0.3) is 0 Å². The van der Waals surface area contributed by atoms with Crippen LogP contribution in [0.4, 0.5) is 0 Å². The average Bonchev–Trinajstić information content (AvgIpc) is 2.85. The number of nitrogens with zero attached hydrogens (tertiary/aromatic N) is 1. The van der Waals surface area contributed by atoms with E-state index in [4.69, 9.17) is 0 Å². The smallest absolute Gasteiger partial charge is 0.251 e. The Bertz CT molecular complexity index is 538. The number of aromatic hydroxyl groups is 1. The first-order valence-corrected chi connectivity index (χ1v) is 6.51. The average molecular weight is 262 g/mol. The Hall–Kier alpha value is -1.88. The second-order valence-electron chi connectivity index (χ2n) is 3.88. The number of hydrogen-bond donors (Lipinski definition) is 2. The lowest BCUT2D eigenvalue weighted by Crippen LogP contribution is -2.26. The van der Waals surface area contributed by atoms with Crippen LogP contribution in [-0.4, -0.2) is 22.5 Å². The molecule has 0 saturated carbocycles. The maximum absolute atomic E-state index is 11.9. The molecule has 0 unspecified atom stereocenters. The summed E-state index contributed by atoms with van der Waals surface area (Å²) in [6.07, 6.45) is 2.47. The van der Waals surface area contributed by atoms with Crippen LogP contribution in [0.1, 0.15) is 20.9 Å². The molecule has 94 valence electrons. The van der Waals surface area contributed by atoms with Gasteiger partial charge in [-0.2, -0.15) is 0 Å². The number of rotatable bonds is 4. The van der Waals surface area contributed by atoms with E-state index >= 15 is 0 Å². The maximum atomic E-state index is 11.9. The van der Waals surface area contributed by atoms with Crippen molar-refractivity contribution in [1.29, 1.82) is 0 Å². The van der Waals surface area contributed by atoms with Crippen LogP contribution in [0, 0.1) is 6.92 Å². The standard InChI is InChI=1S/C13H14N2O2S/c1-9-10(3-2-4-11(9)16)13(17)15-6-5-12-14-7-8-18-12/h2-4,7-8,16H,5-6H2,1H3,(H,15,17).